The molecule has 0 radical (unpaired) electrons. The molecule has 0 atom stereocenters. The van der Waals surface area contributed by atoms with E-state index in [4.69, 9.17) is 9.15 Å². The zero-order chi connectivity index (χ0) is 20.2. The number of amides is 1. The Morgan fingerprint density at radius 3 is 2.86 bits per heavy atom. The zero-order valence-electron chi connectivity index (χ0n) is 15.5. The molecule has 8 heteroatoms. The van der Waals surface area contributed by atoms with Gasteiger partial charge in [0.15, 0.2) is 10.9 Å². The van der Waals surface area contributed by atoms with Gasteiger partial charge in [0.2, 0.25) is 5.91 Å². The number of ether oxygens (including phenoxy) is 1. The molecule has 0 bridgehead atoms. The van der Waals surface area contributed by atoms with Gasteiger partial charge in [-0.05, 0) is 42.5 Å². The van der Waals surface area contributed by atoms with E-state index in [1.807, 2.05) is 29.6 Å². The van der Waals surface area contributed by atoms with E-state index >= 15 is 0 Å². The van der Waals surface area contributed by atoms with Crippen LogP contribution in [-0.2, 0) is 4.79 Å². The van der Waals surface area contributed by atoms with Crippen molar-refractivity contribution in [2.75, 3.05) is 18.2 Å². The second kappa shape index (κ2) is 8.67. The Hall–Kier alpha value is -2.84. The van der Waals surface area contributed by atoms with Gasteiger partial charge in [-0.15, -0.1) is 23.1 Å². The molecule has 0 aliphatic carbocycles. The molecular weight excluding hydrogens is 411 g/mol. The molecule has 5 nitrogen and oxygen atoms in total. The van der Waals surface area contributed by atoms with Crippen LogP contribution in [0.15, 0.2) is 63.2 Å². The summed E-state index contributed by atoms with van der Waals surface area (Å²) in [5.41, 5.74) is 1.39. The zero-order valence-corrected chi connectivity index (χ0v) is 17.1. The first kappa shape index (κ1) is 19.5. The fourth-order valence-electron chi connectivity index (χ4n) is 2.68. The number of thioether (sulfide) groups is 1. The molecule has 2 aromatic carbocycles. The summed E-state index contributed by atoms with van der Waals surface area (Å²) < 4.78 is 24.0. The smallest absolute Gasteiger partial charge is 0.226 e. The number of methoxy groups -OCH3 is 1. The van der Waals surface area contributed by atoms with Crippen LogP contribution >= 0.6 is 23.1 Å². The quantitative estimate of drug-likeness (QED) is 0.376. The SMILES string of the molecule is COc1ccc2cc(-c3csc(NC(=O)CCSc4ccc(F)cc4)n3)oc2c1. The highest BCUT2D eigenvalue weighted by Gasteiger charge is 2.12. The molecule has 0 saturated heterocycles. The first-order valence-electron chi connectivity index (χ1n) is 8.82. The van der Waals surface area contributed by atoms with E-state index in [9.17, 15) is 9.18 Å². The van der Waals surface area contributed by atoms with Gasteiger partial charge in [0.05, 0.1) is 7.11 Å². The number of benzene rings is 2. The fraction of sp³-hybridized carbons (Fsp3) is 0.143. The van der Waals surface area contributed by atoms with Gasteiger partial charge in [-0.3, -0.25) is 4.79 Å². The number of halogens is 1. The Balaban J connectivity index is 1.35. The maximum Gasteiger partial charge on any atom is 0.226 e. The maximum atomic E-state index is 12.9. The number of thiazole rings is 1. The summed E-state index contributed by atoms with van der Waals surface area (Å²) in [7, 11) is 1.61. The summed E-state index contributed by atoms with van der Waals surface area (Å²) in [5.74, 6) is 1.58. The highest BCUT2D eigenvalue weighted by molar-refractivity contribution is 7.99. The van der Waals surface area contributed by atoms with Crippen molar-refractivity contribution in [1.82, 2.24) is 4.98 Å². The first-order valence-corrected chi connectivity index (χ1v) is 10.7. The minimum atomic E-state index is -0.268. The molecule has 0 aliphatic rings. The molecule has 29 heavy (non-hydrogen) atoms. The monoisotopic (exact) mass is 428 g/mol. The Labute approximate surface area is 174 Å². The van der Waals surface area contributed by atoms with Crippen molar-refractivity contribution in [2.45, 2.75) is 11.3 Å². The van der Waals surface area contributed by atoms with Crippen LogP contribution in [0.3, 0.4) is 0 Å². The summed E-state index contributed by atoms with van der Waals surface area (Å²) in [4.78, 5) is 17.5. The number of fused-ring (bicyclic) bond motifs is 1. The summed E-state index contributed by atoms with van der Waals surface area (Å²) >= 11 is 2.85. The third-order valence-corrected chi connectivity index (χ3v) is 5.91. The van der Waals surface area contributed by atoms with Crippen LogP contribution in [0.5, 0.6) is 5.75 Å². The van der Waals surface area contributed by atoms with Crippen molar-refractivity contribution in [2.24, 2.45) is 0 Å². The van der Waals surface area contributed by atoms with Crippen LogP contribution < -0.4 is 10.1 Å². The molecule has 0 aliphatic heterocycles. The lowest BCUT2D eigenvalue weighted by Gasteiger charge is -2.02. The lowest BCUT2D eigenvalue weighted by molar-refractivity contribution is -0.115. The van der Waals surface area contributed by atoms with E-state index in [2.05, 4.69) is 10.3 Å². The molecule has 0 saturated carbocycles. The summed E-state index contributed by atoms with van der Waals surface area (Å²) in [6.45, 7) is 0. The molecule has 0 fully saturated rings. The predicted molar refractivity (Wildman–Crippen MR) is 114 cm³/mol. The van der Waals surface area contributed by atoms with Crippen molar-refractivity contribution < 1.29 is 18.3 Å². The van der Waals surface area contributed by atoms with Gasteiger partial charge in [-0.2, -0.15) is 0 Å². The topological polar surface area (TPSA) is 64.4 Å². The average molecular weight is 429 g/mol. The molecule has 4 aromatic rings. The van der Waals surface area contributed by atoms with Crippen LogP contribution in [0.4, 0.5) is 9.52 Å². The number of nitrogens with zero attached hydrogens (tertiary/aromatic N) is 1. The second-order valence-corrected chi connectivity index (χ2v) is 8.18. The van der Waals surface area contributed by atoms with E-state index in [0.29, 0.717) is 28.8 Å². The van der Waals surface area contributed by atoms with E-state index in [-0.39, 0.29) is 11.7 Å². The Morgan fingerprint density at radius 1 is 1.24 bits per heavy atom. The van der Waals surface area contributed by atoms with E-state index in [1.165, 1.54) is 35.2 Å². The first-order chi connectivity index (χ1) is 14.1. The Kier molecular flexibility index (Phi) is 5.82. The number of hydrogen-bond acceptors (Lipinski definition) is 6. The molecule has 2 aromatic heterocycles. The molecule has 148 valence electrons. The largest absolute Gasteiger partial charge is 0.497 e. The number of carbonyl (C=O) groups excluding carboxylic acids is 1. The average Bonchev–Trinajstić information content (AvgIpc) is 3.35. The number of carbonyl (C=O) groups is 1. The maximum absolute atomic E-state index is 12.9. The molecule has 2 heterocycles. The highest BCUT2D eigenvalue weighted by Crippen LogP contribution is 2.32. The highest BCUT2D eigenvalue weighted by atomic mass is 32.2. The van der Waals surface area contributed by atoms with Gasteiger partial charge in [0.25, 0.3) is 0 Å². The van der Waals surface area contributed by atoms with Crippen molar-refractivity contribution >= 4 is 45.1 Å². The molecule has 1 N–H and O–H groups in total. The number of anilines is 1. The molecule has 4 rings (SSSR count). The van der Waals surface area contributed by atoms with E-state index in [1.54, 1.807) is 19.2 Å². The summed E-state index contributed by atoms with van der Waals surface area (Å²) in [6, 6.07) is 13.8. The van der Waals surface area contributed by atoms with Crippen LogP contribution in [0.25, 0.3) is 22.4 Å². The normalized spacial score (nSPS) is 11.0. The Bertz CT molecular complexity index is 1140. The number of hydrogen-bond donors (Lipinski definition) is 1. The predicted octanol–water partition coefficient (Wildman–Crippen LogP) is 5.82. The second-order valence-electron chi connectivity index (χ2n) is 6.15. The number of nitrogens with one attached hydrogen (secondary N) is 1. The minimum absolute atomic E-state index is 0.116. The van der Waals surface area contributed by atoms with Crippen LogP contribution in [0, 0.1) is 5.82 Å². The minimum Gasteiger partial charge on any atom is -0.497 e. The standard InChI is InChI=1S/C21H17FN2O3S2/c1-26-15-5-2-13-10-19(27-18(13)11-15)17-12-29-21(23-17)24-20(25)8-9-28-16-6-3-14(22)4-7-16/h2-7,10-12H,8-9H2,1H3,(H,23,24,25). The van der Waals surface area contributed by atoms with E-state index < -0.39 is 0 Å². The van der Waals surface area contributed by atoms with Gasteiger partial charge in [0, 0.05) is 33.9 Å². The molecule has 0 spiro atoms. The molecule has 1 amide bonds. The third kappa shape index (κ3) is 4.78. The molecular formula is C21H17FN2O3S2. The molecule has 0 unspecified atom stereocenters. The summed E-state index contributed by atoms with van der Waals surface area (Å²) in [6.07, 6.45) is 0.335. The number of aromatic nitrogens is 1. The Morgan fingerprint density at radius 2 is 2.07 bits per heavy atom. The summed E-state index contributed by atoms with van der Waals surface area (Å²) in [5, 5.41) is 6.14. The van der Waals surface area contributed by atoms with Crippen molar-refractivity contribution in [1.29, 1.82) is 0 Å². The van der Waals surface area contributed by atoms with Crippen molar-refractivity contribution in [3.8, 4) is 17.2 Å². The van der Waals surface area contributed by atoms with Crippen molar-refractivity contribution in [3.63, 3.8) is 0 Å². The third-order valence-electron chi connectivity index (χ3n) is 4.14. The van der Waals surface area contributed by atoms with Crippen LogP contribution in [0.1, 0.15) is 6.42 Å². The van der Waals surface area contributed by atoms with Crippen LogP contribution in [0.2, 0.25) is 0 Å². The van der Waals surface area contributed by atoms with E-state index in [0.717, 1.165) is 21.6 Å². The van der Waals surface area contributed by atoms with Gasteiger partial charge >= 0.3 is 0 Å². The van der Waals surface area contributed by atoms with Gasteiger partial charge in [-0.25, -0.2) is 9.37 Å². The van der Waals surface area contributed by atoms with Crippen LogP contribution in [-0.4, -0.2) is 23.8 Å². The van der Waals surface area contributed by atoms with Gasteiger partial charge in [-0.1, -0.05) is 0 Å². The number of rotatable bonds is 7. The van der Waals surface area contributed by atoms with Crippen molar-refractivity contribution in [3.05, 3.63) is 59.7 Å². The lowest BCUT2D eigenvalue weighted by atomic mass is 10.2. The lowest BCUT2D eigenvalue weighted by Crippen LogP contribution is -2.11. The van der Waals surface area contributed by atoms with Gasteiger partial charge < -0.3 is 14.5 Å². The fourth-order valence-corrected chi connectivity index (χ4v) is 4.25. The number of furan rings is 1. The van der Waals surface area contributed by atoms with Gasteiger partial charge in [0.1, 0.15) is 22.8 Å².